The first-order valence-corrected chi connectivity index (χ1v) is 8.55. The lowest BCUT2D eigenvalue weighted by Crippen LogP contribution is -1.90. The third kappa shape index (κ3) is 4.60. The molecule has 0 bridgehead atoms. The van der Waals surface area contributed by atoms with Crippen LogP contribution < -0.4 is 4.74 Å². The van der Waals surface area contributed by atoms with Crippen molar-refractivity contribution in [3.05, 3.63) is 89.7 Å². The number of hydrogen-bond donors (Lipinski definition) is 0. The lowest BCUT2D eigenvalue weighted by atomic mass is 10.1. The Morgan fingerprint density at radius 1 is 0.870 bits per heavy atom. The van der Waals surface area contributed by atoms with Gasteiger partial charge < -0.3 is 4.74 Å². The molecule has 0 saturated heterocycles. The monoisotopic (exact) mass is 321 g/mol. The second-order valence-corrected chi connectivity index (χ2v) is 6.38. The zero-order valence-electron chi connectivity index (χ0n) is 13.1. The van der Waals surface area contributed by atoms with E-state index in [1.54, 1.807) is 7.11 Å². The lowest BCUT2D eigenvalue weighted by Gasteiger charge is -2.06. The maximum absolute atomic E-state index is 5.19. The van der Waals surface area contributed by atoms with Gasteiger partial charge in [-0.05, 0) is 41.3 Å². The van der Waals surface area contributed by atoms with Crippen molar-refractivity contribution in [1.82, 2.24) is 4.98 Å². The Morgan fingerprint density at radius 2 is 1.65 bits per heavy atom. The van der Waals surface area contributed by atoms with E-state index in [1.165, 1.54) is 21.6 Å². The van der Waals surface area contributed by atoms with Gasteiger partial charge in [-0.15, -0.1) is 11.8 Å². The van der Waals surface area contributed by atoms with Crippen molar-refractivity contribution in [3.8, 4) is 5.75 Å². The number of benzene rings is 2. The minimum absolute atomic E-state index is 0.894. The Bertz CT molecular complexity index is 741. The third-order valence-electron chi connectivity index (χ3n) is 3.59. The molecule has 0 aliphatic heterocycles. The van der Waals surface area contributed by atoms with Gasteiger partial charge in [-0.1, -0.05) is 42.5 Å². The Balaban J connectivity index is 1.63. The van der Waals surface area contributed by atoms with Gasteiger partial charge in [-0.3, -0.25) is 4.98 Å². The molecule has 2 nitrogen and oxygen atoms in total. The zero-order valence-corrected chi connectivity index (χ0v) is 13.9. The van der Waals surface area contributed by atoms with Crippen molar-refractivity contribution in [2.24, 2.45) is 0 Å². The fourth-order valence-electron chi connectivity index (χ4n) is 2.36. The van der Waals surface area contributed by atoms with Crippen LogP contribution in [-0.4, -0.2) is 12.1 Å². The summed E-state index contributed by atoms with van der Waals surface area (Å²) in [6.07, 6.45) is 4.80. The fraction of sp³-hybridized carbons (Fsp3) is 0.150. The first-order valence-electron chi connectivity index (χ1n) is 7.57. The van der Waals surface area contributed by atoms with E-state index in [4.69, 9.17) is 4.74 Å². The summed E-state index contributed by atoms with van der Waals surface area (Å²) >= 11 is 1.81. The first kappa shape index (κ1) is 15.6. The molecule has 0 aliphatic rings. The van der Waals surface area contributed by atoms with Gasteiger partial charge in [0.05, 0.1) is 7.11 Å². The summed E-state index contributed by atoms with van der Waals surface area (Å²) in [5.74, 6) is 1.82. The van der Waals surface area contributed by atoms with Crippen LogP contribution in [-0.2, 0) is 12.2 Å². The second kappa shape index (κ2) is 7.84. The molecule has 116 valence electrons. The van der Waals surface area contributed by atoms with Crippen LogP contribution >= 0.6 is 11.8 Å². The molecule has 3 heteroatoms. The molecule has 0 saturated carbocycles. The highest BCUT2D eigenvalue weighted by Crippen LogP contribution is 2.24. The van der Waals surface area contributed by atoms with E-state index >= 15 is 0 Å². The summed E-state index contributed by atoms with van der Waals surface area (Å²) in [5, 5.41) is 0. The number of pyridine rings is 1. The normalized spacial score (nSPS) is 10.5. The standard InChI is InChI=1S/C20H19NOS/c1-22-19-9-7-17(8-10-19)15-23-20-12-18(13-21-14-20)11-16-5-3-2-4-6-16/h2-10,12-14H,11,15H2,1H3. The minimum Gasteiger partial charge on any atom is -0.497 e. The summed E-state index contributed by atoms with van der Waals surface area (Å²) in [7, 11) is 1.69. The van der Waals surface area contributed by atoms with Crippen LogP contribution in [0.1, 0.15) is 16.7 Å². The van der Waals surface area contributed by atoms with Crippen molar-refractivity contribution in [2.45, 2.75) is 17.1 Å². The highest BCUT2D eigenvalue weighted by atomic mass is 32.2. The van der Waals surface area contributed by atoms with E-state index in [9.17, 15) is 0 Å². The number of methoxy groups -OCH3 is 1. The number of thioether (sulfide) groups is 1. The molecule has 0 fully saturated rings. The lowest BCUT2D eigenvalue weighted by molar-refractivity contribution is 0.414. The van der Waals surface area contributed by atoms with Gasteiger partial charge >= 0.3 is 0 Å². The SMILES string of the molecule is COc1ccc(CSc2cncc(Cc3ccccc3)c2)cc1. The second-order valence-electron chi connectivity index (χ2n) is 5.33. The largest absolute Gasteiger partial charge is 0.497 e. The molecule has 0 atom stereocenters. The van der Waals surface area contributed by atoms with Crippen molar-refractivity contribution >= 4 is 11.8 Å². The highest BCUT2D eigenvalue weighted by Gasteiger charge is 2.01. The molecule has 1 aromatic heterocycles. The van der Waals surface area contributed by atoms with Crippen molar-refractivity contribution in [1.29, 1.82) is 0 Å². The molecule has 0 unspecified atom stereocenters. The molecule has 0 radical (unpaired) electrons. The van der Waals surface area contributed by atoms with E-state index in [2.05, 4.69) is 47.4 Å². The van der Waals surface area contributed by atoms with E-state index in [-0.39, 0.29) is 0 Å². The van der Waals surface area contributed by atoms with E-state index in [1.807, 2.05) is 42.4 Å². The maximum Gasteiger partial charge on any atom is 0.118 e. The molecule has 0 N–H and O–H groups in total. The van der Waals surface area contributed by atoms with Gasteiger partial charge in [0.2, 0.25) is 0 Å². The summed E-state index contributed by atoms with van der Waals surface area (Å²) < 4.78 is 5.19. The molecule has 0 spiro atoms. The molecule has 1 heterocycles. The average Bonchev–Trinajstić information content (AvgIpc) is 2.62. The van der Waals surface area contributed by atoms with Crippen molar-refractivity contribution in [2.75, 3.05) is 7.11 Å². The predicted molar refractivity (Wildman–Crippen MR) is 96.0 cm³/mol. The highest BCUT2D eigenvalue weighted by molar-refractivity contribution is 7.98. The molecule has 0 aliphatic carbocycles. The molecule has 23 heavy (non-hydrogen) atoms. The summed E-state index contributed by atoms with van der Waals surface area (Å²) in [6.45, 7) is 0. The van der Waals surface area contributed by atoms with Crippen LogP contribution in [0.2, 0.25) is 0 Å². The van der Waals surface area contributed by atoms with E-state index < -0.39 is 0 Å². The van der Waals surface area contributed by atoms with Crippen LogP contribution in [0, 0.1) is 0 Å². The van der Waals surface area contributed by atoms with Gasteiger partial charge in [0.15, 0.2) is 0 Å². The molecular formula is C20H19NOS. The van der Waals surface area contributed by atoms with E-state index in [0.717, 1.165) is 17.9 Å². The van der Waals surface area contributed by atoms with Gasteiger partial charge in [0.25, 0.3) is 0 Å². The summed E-state index contributed by atoms with van der Waals surface area (Å²) in [5.41, 5.74) is 3.84. The van der Waals surface area contributed by atoms with Crippen LogP contribution in [0.4, 0.5) is 0 Å². The Hall–Kier alpha value is -2.26. The Labute approximate surface area is 141 Å². The minimum atomic E-state index is 0.894. The van der Waals surface area contributed by atoms with Gasteiger partial charge in [-0.2, -0.15) is 0 Å². The number of aromatic nitrogens is 1. The predicted octanol–water partition coefficient (Wildman–Crippen LogP) is 4.97. The smallest absolute Gasteiger partial charge is 0.118 e. The summed E-state index contributed by atoms with van der Waals surface area (Å²) in [4.78, 5) is 5.58. The van der Waals surface area contributed by atoms with Crippen LogP contribution in [0.25, 0.3) is 0 Å². The Morgan fingerprint density at radius 3 is 2.39 bits per heavy atom. The van der Waals surface area contributed by atoms with Crippen LogP contribution in [0.15, 0.2) is 78.0 Å². The third-order valence-corrected chi connectivity index (χ3v) is 4.62. The van der Waals surface area contributed by atoms with Crippen molar-refractivity contribution in [3.63, 3.8) is 0 Å². The summed E-state index contributed by atoms with van der Waals surface area (Å²) in [6, 6.07) is 20.9. The number of hydrogen-bond acceptors (Lipinski definition) is 3. The number of nitrogens with zero attached hydrogens (tertiary/aromatic N) is 1. The van der Waals surface area contributed by atoms with Crippen molar-refractivity contribution < 1.29 is 4.74 Å². The number of ether oxygens (including phenoxy) is 1. The Kier molecular flexibility index (Phi) is 5.33. The number of rotatable bonds is 6. The topological polar surface area (TPSA) is 22.1 Å². The molecule has 2 aromatic carbocycles. The van der Waals surface area contributed by atoms with Crippen LogP contribution in [0.3, 0.4) is 0 Å². The molecule has 3 aromatic rings. The molecule has 0 amide bonds. The van der Waals surface area contributed by atoms with Crippen LogP contribution in [0.5, 0.6) is 5.75 Å². The zero-order chi connectivity index (χ0) is 15.9. The van der Waals surface area contributed by atoms with Gasteiger partial charge in [-0.25, -0.2) is 0 Å². The van der Waals surface area contributed by atoms with E-state index in [0.29, 0.717) is 0 Å². The first-order chi connectivity index (χ1) is 11.3. The molecule has 3 rings (SSSR count). The van der Waals surface area contributed by atoms with Gasteiger partial charge in [0, 0.05) is 23.0 Å². The average molecular weight is 321 g/mol. The fourth-order valence-corrected chi connectivity index (χ4v) is 3.26. The maximum atomic E-state index is 5.19. The molecular weight excluding hydrogens is 302 g/mol. The van der Waals surface area contributed by atoms with Gasteiger partial charge in [0.1, 0.15) is 5.75 Å². The quantitative estimate of drug-likeness (QED) is 0.598.